The van der Waals surface area contributed by atoms with Crippen molar-refractivity contribution in [2.75, 3.05) is 5.32 Å². The number of alkyl halides is 5. The second kappa shape index (κ2) is 8.49. The van der Waals surface area contributed by atoms with Crippen LogP contribution in [0.2, 0.25) is 0 Å². The van der Waals surface area contributed by atoms with Crippen LogP contribution >= 0.6 is 0 Å². The molecule has 7 nitrogen and oxygen atoms in total. The highest BCUT2D eigenvalue weighted by molar-refractivity contribution is 5.95. The van der Waals surface area contributed by atoms with Crippen LogP contribution in [-0.4, -0.2) is 37.0 Å². The predicted molar refractivity (Wildman–Crippen MR) is 107 cm³/mol. The van der Waals surface area contributed by atoms with Gasteiger partial charge >= 0.3 is 6.18 Å². The van der Waals surface area contributed by atoms with E-state index in [1.165, 1.54) is 4.80 Å². The van der Waals surface area contributed by atoms with Crippen LogP contribution in [0.15, 0.2) is 42.6 Å². The van der Waals surface area contributed by atoms with Crippen molar-refractivity contribution in [2.45, 2.75) is 37.3 Å². The molecule has 0 radical (unpaired) electrons. The standard InChI is InChI=1S/C21H19F5N6O/c1-32-30-18(29-31-32)13-4-2-12(3-5-13)17(14-6-8-20(22,23)11-14)19(33)28-16-10-15(7-9-27-16)21(24,25)26/h2-5,7,9-10,14,17H,6,8,11H2,1H3,(H,27,28,33). The third kappa shape index (κ3) is 5.15. The molecular formula is C21H19F5N6O. The Morgan fingerprint density at radius 1 is 1.21 bits per heavy atom. The number of carbonyl (C=O) groups is 1. The van der Waals surface area contributed by atoms with E-state index in [1.54, 1.807) is 31.3 Å². The fourth-order valence-electron chi connectivity index (χ4n) is 4.02. The van der Waals surface area contributed by atoms with Crippen LogP contribution in [-0.2, 0) is 18.0 Å². The lowest BCUT2D eigenvalue weighted by Crippen LogP contribution is -2.28. The number of tetrazole rings is 1. The second-order valence-corrected chi connectivity index (χ2v) is 7.98. The molecule has 4 rings (SSSR count). The van der Waals surface area contributed by atoms with Gasteiger partial charge in [-0.2, -0.15) is 18.0 Å². The van der Waals surface area contributed by atoms with Crippen molar-refractivity contribution in [3.8, 4) is 11.4 Å². The van der Waals surface area contributed by atoms with E-state index in [-0.39, 0.29) is 18.7 Å². The lowest BCUT2D eigenvalue weighted by atomic mass is 9.83. The number of hydrogen-bond donors (Lipinski definition) is 1. The maximum absolute atomic E-state index is 13.9. The van der Waals surface area contributed by atoms with Gasteiger partial charge < -0.3 is 5.32 Å². The number of aryl methyl sites for hydroxylation is 1. The molecular weight excluding hydrogens is 447 g/mol. The van der Waals surface area contributed by atoms with Gasteiger partial charge in [0, 0.05) is 24.6 Å². The molecule has 2 unspecified atom stereocenters. The first-order valence-corrected chi connectivity index (χ1v) is 10.1. The van der Waals surface area contributed by atoms with Crippen molar-refractivity contribution < 1.29 is 26.7 Å². The Balaban J connectivity index is 1.62. The maximum atomic E-state index is 13.9. The smallest absolute Gasteiger partial charge is 0.310 e. The minimum atomic E-state index is -4.61. The van der Waals surface area contributed by atoms with Gasteiger partial charge in [-0.25, -0.2) is 13.8 Å². The van der Waals surface area contributed by atoms with Gasteiger partial charge in [0.2, 0.25) is 17.7 Å². The summed E-state index contributed by atoms with van der Waals surface area (Å²) in [7, 11) is 1.60. The minimum absolute atomic E-state index is 0.106. The molecule has 0 bridgehead atoms. The SMILES string of the molecule is Cn1nnc(-c2ccc(C(C(=O)Nc3cc(C(F)(F)F)ccn3)C3CCC(F)(F)C3)cc2)n1. The van der Waals surface area contributed by atoms with Gasteiger partial charge in [-0.05, 0) is 35.2 Å². The monoisotopic (exact) mass is 466 g/mol. The van der Waals surface area contributed by atoms with Crippen molar-refractivity contribution in [3.63, 3.8) is 0 Å². The Labute approximate surface area is 185 Å². The van der Waals surface area contributed by atoms with Crippen LogP contribution < -0.4 is 5.32 Å². The molecule has 1 aliphatic rings. The highest BCUT2D eigenvalue weighted by Gasteiger charge is 2.45. The van der Waals surface area contributed by atoms with E-state index in [1.807, 2.05) is 0 Å². The minimum Gasteiger partial charge on any atom is -0.310 e. The first kappa shape index (κ1) is 22.7. The summed E-state index contributed by atoms with van der Waals surface area (Å²) in [5.74, 6) is -5.24. The number of amides is 1. The van der Waals surface area contributed by atoms with Crippen molar-refractivity contribution in [3.05, 3.63) is 53.7 Å². The average molecular weight is 466 g/mol. The predicted octanol–water partition coefficient (Wildman–Crippen LogP) is 4.45. The summed E-state index contributed by atoms with van der Waals surface area (Å²) in [6.45, 7) is 0. The third-order valence-electron chi connectivity index (χ3n) is 5.57. The van der Waals surface area contributed by atoms with Gasteiger partial charge in [0.15, 0.2) is 0 Å². The summed E-state index contributed by atoms with van der Waals surface area (Å²) in [6.07, 6.45) is -4.42. The molecule has 2 atom stereocenters. The number of aromatic nitrogens is 5. The quantitative estimate of drug-likeness (QED) is 0.562. The van der Waals surface area contributed by atoms with Crippen LogP contribution in [0.5, 0.6) is 0 Å². The van der Waals surface area contributed by atoms with Crippen molar-refractivity contribution in [1.82, 2.24) is 25.2 Å². The average Bonchev–Trinajstić information content (AvgIpc) is 3.33. The molecule has 0 spiro atoms. The van der Waals surface area contributed by atoms with E-state index in [9.17, 15) is 26.7 Å². The molecule has 1 amide bonds. The fraction of sp³-hybridized carbons (Fsp3) is 0.381. The number of anilines is 1. The molecule has 1 saturated carbocycles. The number of halogens is 5. The zero-order valence-corrected chi connectivity index (χ0v) is 17.4. The van der Waals surface area contributed by atoms with Gasteiger partial charge in [0.05, 0.1) is 18.5 Å². The highest BCUT2D eigenvalue weighted by atomic mass is 19.4. The highest BCUT2D eigenvalue weighted by Crippen LogP contribution is 2.46. The fourth-order valence-corrected chi connectivity index (χ4v) is 4.02. The summed E-state index contributed by atoms with van der Waals surface area (Å²) in [5, 5.41) is 14.1. The molecule has 12 heteroatoms. The number of hydrogen-bond acceptors (Lipinski definition) is 5. The largest absolute Gasteiger partial charge is 0.416 e. The van der Waals surface area contributed by atoms with E-state index >= 15 is 0 Å². The van der Waals surface area contributed by atoms with Gasteiger partial charge in [0.25, 0.3) is 0 Å². The van der Waals surface area contributed by atoms with E-state index in [2.05, 4.69) is 25.7 Å². The van der Waals surface area contributed by atoms with E-state index in [0.717, 1.165) is 12.3 Å². The first-order chi connectivity index (χ1) is 15.5. The third-order valence-corrected chi connectivity index (χ3v) is 5.57. The molecule has 3 aromatic rings. The lowest BCUT2D eigenvalue weighted by Gasteiger charge is -2.23. The number of carbonyl (C=O) groups excluding carboxylic acids is 1. The summed E-state index contributed by atoms with van der Waals surface area (Å²) in [5.41, 5.74) is 0.0923. The van der Waals surface area contributed by atoms with Crippen LogP contribution in [0.4, 0.5) is 27.8 Å². The summed E-state index contributed by atoms with van der Waals surface area (Å²) < 4.78 is 66.9. The number of rotatable bonds is 5. The lowest BCUT2D eigenvalue weighted by molar-refractivity contribution is -0.137. The second-order valence-electron chi connectivity index (χ2n) is 7.98. The molecule has 1 N–H and O–H groups in total. The van der Waals surface area contributed by atoms with Crippen LogP contribution in [0, 0.1) is 5.92 Å². The number of pyridine rings is 1. The summed E-state index contributed by atoms with van der Waals surface area (Å²) in [6, 6.07) is 7.98. The summed E-state index contributed by atoms with van der Waals surface area (Å²) >= 11 is 0. The van der Waals surface area contributed by atoms with Crippen LogP contribution in [0.1, 0.15) is 36.3 Å². The van der Waals surface area contributed by atoms with E-state index in [4.69, 9.17) is 0 Å². The number of benzene rings is 1. The van der Waals surface area contributed by atoms with Gasteiger partial charge in [-0.3, -0.25) is 4.79 Å². The van der Waals surface area contributed by atoms with E-state index < -0.39 is 41.8 Å². The molecule has 0 saturated heterocycles. The van der Waals surface area contributed by atoms with E-state index in [0.29, 0.717) is 23.0 Å². The van der Waals surface area contributed by atoms with Crippen molar-refractivity contribution in [1.29, 1.82) is 0 Å². The summed E-state index contributed by atoms with van der Waals surface area (Å²) in [4.78, 5) is 18.2. The van der Waals surface area contributed by atoms with Crippen LogP contribution in [0.25, 0.3) is 11.4 Å². The topological polar surface area (TPSA) is 85.6 Å². The molecule has 0 aliphatic heterocycles. The molecule has 2 aromatic heterocycles. The van der Waals surface area contributed by atoms with Gasteiger partial charge in [-0.15, -0.1) is 10.2 Å². The normalized spacial score (nSPS) is 18.8. The zero-order chi connectivity index (χ0) is 23.8. The maximum Gasteiger partial charge on any atom is 0.416 e. The Morgan fingerprint density at radius 2 is 1.94 bits per heavy atom. The van der Waals surface area contributed by atoms with Crippen molar-refractivity contribution >= 4 is 11.7 Å². The zero-order valence-electron chi connectivity index (χ0n) is 17.4. The number of nitrogens with zero attached hydrogens (tertiary/aromatic N) is 5. The number of nitrogens with one attached hydrogen (secondary N) is 1. The van der Waals surface area contributed by atoms with Gasteiger partial charge in [-0.1, -0.05) is 24.3 Å². The van der Waals surface area contributed by atoms with Crippen LogP contribution in [0.3, 0.4) is 0 Å². The molecule has 174 valence electrons. The molecule has 1 fully saturated rings. The Hall–Kier alpha value is -3.44. The molecule has 33 heavy (non-hydrogen) atoms. The molecule has 1 aromatic carbocycles. The molecule has 2 heterocycles. The van der Waals surface area contributed by atoms with Crippen molar-refractivity contribution in [2.24, 2.45) is 13.0 Å². The molecule has 1 aliphatic carbocycles. The first-order valence-electron chi connectivity index (χ1n) is 10.1. The van der Waals surface area contributed by atoms with Gasteiger partial charge in [0.1, 0.15) is 5.82 Å². The Bertz CT molecular complexity index is 1140. The Morgan fingerprint density at radius 3 is 2.52 bits per heavy atom. The Kier molecular flexibility index (Phi) is 5.85.